The molecule has 0 fully saturated rings. The Morgan fingerprint density at radius 1 is 1.09 bits per heavy atom. The van der Waals surface area contributed by atoms with E-state index < -0.39 is 6.04 Å². The second kappa shape index (κ2) is 14.0. The highest BCUT2D eigenvalue weighted by atomic mass is 16.5. The van der Waals surface area contributed by atoms with Crippen LogP contribution in [0, 0.1) is 0 Å². The number of methoxy groups -OCH3 is 2. The van der Waals surface area contributed by atoms with Gasteiger partial charge in [0.05, 0.1) is 20.8 Å². The van der Waals surface area contributed by atoms with Gasteiger partial charge in [-0.1, -0.05) is 0 Å². The zero-order valence-electron chi connectivity index (χ0n) is 15.0. The van der Waals surface area contributed by atoms with Gasteiger partial charge in [-0.05, 0) is 40.8 Å². The summed E-state index contributed by atoms with van der Waals surface area (Å²) >= 11 is 0. The summed E-state index contributed by atoms with van der Waals surface area (Å²) in [7, 11) is 4.50. The van der Waals surface area contributed by atoms with Crippen LogP contribution in [0.2, 0.25) is 0 Å². The quantitative estimate of drug-likeness (QED) is 0.500. The predicted octanol–water partition coefficient (Wildman–Crippen LogP) is 0.330. The molecule has 0 aliphatic carbocycles. The summed E-state index contributed by atoms with van der Waals surface area (Å²) in [5, 5.41) is 0. The van der Waals surface area contributed by atoms with E-state index in [0.717, 1.165) is 0 Å². The summed E-state index contributed by atoms with van der Waals surface area (Å²) in [5.74, 6) is -0.833. The number of carbonyl (C=O) groups is 3. The van der Waals surface area contributed by atoms with Gasteiger partial charge in [-0.3, -0.25) is 19.3 Å². The van der Waals surface area contributed by atoms with Gasteiger partial charge in [0.1, 0.15) is 12.1 Å². The average Bonchev–Trinajstić information content (AvgIpc) is 2.53. The average molecular weight is 334 g/mol. The van der Waals surface area contributed by atoms with Crippen molar-refractivity contribution >= 4 is 17.9 Å². The topological polar surface area (TPSA) is 108 Å². The highest BCUT2D eigenvalue weighted by molar-refractivity contribution is 5.75. The van der Waals surface area contributed by atoms with E-state index in [2.05, 4.69) is 9.47 Å². The third-order valence-electron chi connectivity index (χ3n) is 2.97. The molecule has 0 aromatic carbocycles. The maximum Gasteiger partial charge on any atom is 0.322 e. The zero-order chi connectivity index (χ0) is 18.4. The molecule has 0 rings (SSSR count). The van der Waals surface area contributed by atoms with Crippen molar-refractivity contribution in [1.82, 2.24) is 4.90 Å². The number of nitrogens with zero attached hydrogens (tertiary/aromatic N) is 1. The lowest BCUT2D eigenvalue weighted by Gasteiger charge is -2.21. The van der Waals surface area contributed by atoms with Gasteiger partial charge in [0, 0.05) is 6.42 Å². The number of likely N-dealkylation sites (N-methyl/N-ethyl adjacent to an activating group) is 1. The Morgan fingerprint density at radius 2 is 1.61 bits per heavy atom. The molecule has 0 radical (unpaired) electrons. The summed E-state index contributed by atoms with van der Waals surface area (Å²) in [6.45, 7) is 6.20. The smallest absolute Gasteiger partial charge is 0.322 e. The fourth-order valence-electron chi connectivity index (χ4n) is 1.44. The second-order valence-electron chi connectivity index (χ2n) is 4.90. The summed E-state index contributed by atoms with van der Waals surface area (Å²) in [4.78, 5) is 34.3. The minimum Gasteiger partial charge on any atom is -0.468 e. The summed E-state index contributed by atoms with van der Waals surface area (Å²) in [6.07, 6.45) is 1.06. The number of hydrogen-bond donors (Lipinski definition) is 1. The van der Waals surface area contributed by atoms with Crippen LogP contribution in [-0.4, -0.2) is 69.3 Å². The fraction of sp³-hybridized carbons (Fsp3) is 0.800. The van der Waals surface area contributed by atoms with Crippen LogP contribution in [0.1, 0.15) is 33.6 Å². The van der Waals surface area contributed by atoms with Crippen molar-refractivity contribution in [2.24, 2.45) is 5.73 Å². The zero-order valence-corrected chi connectivity index (χ0v) is 15.0. The summed E-state index contributed by atoms with van der Waals surface area (Å²) < 4.78 is 13.7. The highest BCUT2D eigenvalue weighted by Crippen LogP contribution is 2.01. The molecule has 0 saturated heterocycles. The van der Waals surface area contributed by atoms with Gasteiger partial charge in [0.15, 0.2) is 0 Å². The van der Waals surface area contributed by atoms with Crippen molar-refractivity contribution in [2.75, 3.05) is 34.4 Å². The van der Waals surface area contributed by atoms with Crippen LogP contribution in [0.3, 0.4) is 0 Å². The number of ether oxygens (including phenoxy) is 3. The van der Waals surface area contributed by atoms with Crippen LogP contribution < -0.4 is 5.73 Å². The summed E-state index contributed by atoms with van der Waals surface area (Å²) in [5.41, 5.74) is 5.07. The first-order chi connectivity index (χ1) is 10.7. The molecule has 2 atom stereocenters. The van der Waals surface area contributed by atoms with E-state index in [0.29, 0.717) is 26.0 Å². The monoisotopic (exact) mass is 334 g/mol. The molecule has 0 aliphatic heterocycles. The summed E-state index contributed by atoms with van der Waals surface area (Å²) in [6, 6.07) is -0.780. The molecule has 0 aromatic heterocycles. The molecule has 0 spiro atoms. The highest BCUT2D eigenvalue weighted by Gasteiger charge is 2.18. The van der Waals surface area contributed by atoms with Gasteiger partial charge in [-0.25, -0.2) is 0 Å². The Hall–Kier alpha value is -1.67. The molecule has 136 valence electrons. The van der Waals surface area contributed by atoms with Gasteiger partial charge in [-0.2, -0.15) is 0 Å². The number of rotatable bonds is 8. The molecule has 0 heterocycles. The van der Waals surface area contributed by atoms with Crippen LogP contribution in [0.25, 0.3) is 0 Å². The van der Waals surface area contributed by atoms with E-state index in [1.54, 1.807) is 20.8 Å². The fourth-order valence-corrected chi connectivity index (χ4v) is 1.44. The maximum absolute atomic E-state index is 11.2. The third kappa shape index (κ3) is 12.5. The lowest BCUT2D eigenvalue weighted by atomic mass is 10.2. The van der Waals surface area contributed by atoms with Crippen molar-refractivity contribution in [2.45, 2.75) is 45.7 Å². The van der Waals surface area contributed by atoms with E-state index in [-0.39, 0.29) is 23.9 Å². The lowest BCUT2D eigenvalue weighted by molar-refractivity contribution is -0.146. The number of carbonyl (C=O) groups excluding carboxylic acids is 3. The van der Waals surface area contributed by atoms with Gasteiger partial charge < -0.3 is 19.9 Å². The van der Waals surface area contributed by atoms with E-state index in [1.807, 2.05) is 11.9 Å². The first kappa shape index (κ1) is 23.6. The van der Waals surface area contributed by atoms with Crippen molar-refractivity contribution in [3.05, 3.63) is 0 Å². The predicted molar refractivity (Wildman–Crippen MR) is 85.6 cm³/mol. The lowest BCUT2D eigenvalue weighted by Crippen LogP contribution is -2.37. The van der Waals surface area contributed by atoms with Crippen molar-refractivity contribution in [1.29, 1.82) is 0 Å². The minimum absolute atomic E-state index is 0.193. The second-order valence-corrected chi connectivity index (χ2v) is 4.90. The minimum atomic E-state index is -0.495. The third-order valence-corrected chi connectivity index (χ3v) is 2.97. The molecule has 8 heteroatoms. The van der Waals surface area contributed by atoms with Crippen molar-refractivity contribution < 1.29 is 28.6 Å². The van der Waals surface area contributed by atoms with Crippen LogP contribution in [0.4, 0.5) is 0 Å². The Labute approximate surface area is 138 Å². The molecule has 0 aromatic rings. The molecule has 8 nitrogen and oxygen atoms in total. The van der Waals surface area contributed by atoms with Crippen LogP contribution in [0.5, 0.6) is 0 Å². The molecule has 0 aliphatic rings. The molecule has 0 saturated carbocycles. The van der Waals surface area contributed by atoms with E-state index in [1.165, 1.54) is 14.2 Å². The normalized spacial score (nSPS) is 12.5. The Bertz CT molecular complexity index is 360. The van der Waals surface area contributed by atoms with Gasteiger partial charge >= 0.3 is 17.9 Å². The van der Waals surface area contributed by atoms with Crippen LogP contribution in [-0.2, 0) is 28.6 Å². The molecule has 23 heavy (non-hydrogen) atoms. The largest absolute Gasteiger partial charge is 0.468 e. The number of hydrogen-bond acceptors (Lipinski definition) is 8. The standard InChI is InChI=1S/C11H21NO4.C4H9NO2/c1-5-16-10(13)7-6-8-12(3)9(2)11(14)15-4;1-3(5)4(6)7-2/h9H,5-8H2,1-4H3;3H,5H2,1-2H3/t9-;3-/m00/s1. The first-order valence-corrected chi connectivity index (χ1v) is 7.48. The molecule has 2 N–H and O–H groups in total. The van der Waals surface area contributed by atoms with Crippen LogP contribution in [0.15, 0.2) is 0 Å². The van der Waals surface area contributed by atoms with E-state index in [4.69, 9.17) is 10.5 Å². The van der Waals surface area contributed by atoms with Crippen molar-refractivity contribution in [3.63, 3.8) is 0 Å². The number of esters is 3. The Morgan fingerprint density at radius 3 is 1.96 bits per heavy atom. The SMILES string of the molecule is CCOC(=O)CCCN(C)[C@@H](C)C(=O)OC.COC(=O)[C@H](C)N. The molecular formula is C15H30N2O6. The number of nitrogens with two attached hydrogens (primary N) is 1. The Kier molecular flexibility index (Phi) is 14.3. The molecule has 0 bridgehead atoms. The van der Waals surface area contributed by atoms with E-state index >= 15 is 0 Å². The van der Waals surface area contributed by atoms with Crippen molar-refractivity contribution in [3.8, 4) is 0 Å². The van der Waals surface area contributed by atoms with Gasteiger partial charge in [0.25, 0.3) is 0 Å². The van der Waals surface area contributed by atoms with Gasteiger partial charge in [-0.15, -0.1) is 0 Å². The van der Waals surface area contributed by atoms with Crippen LogP contribution >= 0.6 is 0 Å². The first-order valence-electron chi connectivity index (χ1n) is 7.48. The molecule has 0 unspecified atom stereocenters. The Balaban J connectivity index is 0. The molecule has 0 amide bonds. The van der Waals surface area contributed by atoms with E-state index in [9.17, 15) is 14.4 Å². The molecular weight excluding hydrogens is 304 g/mol. The maximum atomic E-state index is 11.2. The van der Waals surface area contributed by atoms with Gasteiger partial charge in [0.2, 0.25) is 0 Å².